The fourth-order valence-electron chi connectivity index (χ4n) is 3.42. The summed E-state index contributed by atoms with van der Waals surface area (Å²) in [5, 5.41) is 0.801. The predicted molar refractivity (Wildman–Crippen MR) is 129 cm³/mol. The topological polar surface area (TPSA) is 60.4 Å². The van der Waals surface area contributed by atoms with E-state index in [1.807, 2.05) is 55.5 Å². The molecule has 168 valence electrons. The summed E-state index contributed by atoms with van der Waals surface area (Å²) in [6, 6.07) is 14.0. The molecule has 0 N–H and O–H groups in total. The van der Waals surface area contributed by atoms with Gasteiger partial charge in [-0.15, -0.1) is 0 Å². The van der Waals surface area contributed by atoms with Crippen LogP contribution in [-0.2, 0) is 11.2 Å². The molecule has 0 bridgehead atoms. The van der Waals surface area contributed by atoms with Crippen molar-refractivity contribution in [3.63, 3.8) is 0 Å². The van der Waals surface area contributed by atoms with Gasteiger partial charge in [0.2, 0.25) is 0 Å². The van der Waals surface area contributed by atoms with Crippen molar-refractivity contribution in [2.75, 3.05) is 27.4 Å². The molecule has 2 aliphatic rings. The molecule has 0 spiro atoms. The average molecular weight is 453 g/mol. The zero-order valence-electron chi connectivity index (χ0n) is 18.7. The smallest absolute Gasteiger partial charge is 0.266 e. The van der Waals surface area contributed by atoms with Crippen LogP contribution in [-0.4, -0.2) is 49.4 Å². The van der Waals surface area contributed by atoms with Crippen LogP contribution in [0.2, 0.25) is 0 Å². The van der Waals surface area contributed by atoms with Gasteiger partial charge in [0.25, 0.3) is 5.91 Å². The summed E-state index contributed by atoms with van der Waals surface area (Å²) < 4.78 is 16.2. The molecule has 2 aromatic rings. The van der Waals surface area contributed by atoms with Gasteiger partial charge in [0.15, 0.2) is 16.7 Å². The highest BCUT2D eigenvalue weighted by Gasteiger charge is 2.35. The zero-order valence-corrected chi connectivity index (χ0v) is 19.5. The van der Waals surface area contributed by atoms with Crippen LogP contribution in [0.3, 0.4) is 0 Å². The molecule has 2 fully saturated rings. The third-order valence-corrected chi connectivity index (χ3v) is 6.31. The Balaban J connectivity index is 1.51. The Labute approximate surface area is 193 Å². The highest BCUT2D eigenvalue weighted by molar-refractivity contribution is 8.18. The van der Waals surface area contributed by atoms with Crippen LogP contribution >= 0.6 is 11.8 Å². The summed E-state index contributed by atoms with van der Waals surface area (Å²) in [5.74, 6) is 2.21. The maximum Gasteiger partial charge on any atom is 0.266 e. The first kappa shape index (κ1) is 22.3. The summed E-state index contributed by atoms with van der Waals surface area (Å²) in [7, 11) is 3.25. The van der Waals surface area contributed by atoms with E-state index in [-0.39, 0.29) is 5.91 Å². The van der Waals surface area contributed by atoms with Crippen LogP contribution in [0, 0.1) is 0 Å². The summed E-state index contributed by atoms with van der Waals surface area (Å²) in [5.41, 5.74) is 2.05. The van der Waals surface area contributed by atoms with Crippen molar-refractivity contribution >= 4 is 28.9 Å². The highest BCUT2D eigenvalue weighted by Crippen LogP contribution is 2.36. The van der Waals surface area contributed by atoms with Gasteiger partial charge >= 0.3 is 0 Å². The van der Waals surface area contributed by atoms with Crippen LogP contribution in [0.15, 0.2) is 52.4 Å². The first-order valence-corrected chi connectivity index (χ1v) is 11.7. The minimum absolute atomic E-state index is 0.00348. The molecule has 0 radical (unpaired) electrons. The molecule has 4 rings (SSSR count). The zero-order chi connectivity index (χ0) is 22.5. The number of methoxy groups -OCH3 is 2. The summed E-state index contributed by atoms with van der Waals surface area (Å²) in [6.45, 7) is 3.15. The van der Waals surface area contributed by atoms with Gasteiger partial charge in [0.1, 0.15) is 5.75 Å². The Morgan fingerprint density at radius 3 is 2.50 bits per heavy atom. The lowest BCUT2D eigenvalue weighted by Gasteiger charge is -2.16. The van der Waals surface area contributed by atoms with Gasteiger partial charge in [-0.3, -0.25) is 14.7 Å². The average Bonchev–Trinajstić information content (AvgIpc) is 3.58. The van der Waals surface area contributed by atoms with Gasteiger partial charge in [0, 0.05) is 6.54 Å². The summed E-state index contributed by atoms with van der Waals surface area (Å²) >= 11 is 1.46. The second-order valence-corrected chi connectivity index (χ2v) is 8.66. The van der Waals surface area contributed by atoms with Crippen molar-refractivity contribution in [2.24, 2.45) is 4.99 Å². The molecular formula is C25H28N2O4S. The number of amidine groups is 1. The molecule has 6 nitrogen and oxygen atoms in total. The van der Waals surface area contributed by atoms with Crippen LogP contribution in [0.1, 0.15) is 30.9 Å². The summed E-state index contributed by atoms with van der Waals surface area (Å²) in [6.07, 6.45) is 4.83. The molecule has 1 saturated carbocycles. The van der Waals surface area contributed by atoms with Gasteiger partial charge in [-0.05, 0) is 79.4 Å². The quantitative estimate of drug-likeness (QED) is 0.513. The molecule has 1 heterocycles. The lowest BCUT2D eigenvalue weighted by Crippen LogP contribution is -2.31. The maximum absolute atomic E-state index is 13.2. The number of amides is 1. The number of nitrogens with zero attached hydrogens (tertiary/aromatic N) is 2. The van der Waals surface area contributed by atoms with E-state index < -0.39 is 0 Å². The molecule has 0 unspecified atom stereocenters. The van der Waals surface area contributed by atoms with Crippen molar-refractivity contribution in [3.8, 4) is 17.2 Å². The number of hydrogen-bond acceptors (Lipinski definition) is 6. The number of carbonyl (C=O) groups is 1. The van der Waals surface area contributed by atoms with E-state index in [2.05, 4.69) is 0 Å². The van der Waals surface area contributed by atoms with E-state index in [9.17, 15) is 4.79 Å². The van der Waals surface area contributed by atoms with Crippen molar-refractivity contribution < 1.29 is 19.0 Å². The monoisotopic (exact) mass is 452 g/mol. The lowest BCUT2D eigenvalue weighted by molar-refractivity contribution is -0.122. The standard InChI is InChI=1S/C25H28N2O4S/c1-4-31-20-10-5-17(6-11-20)16-23-24(28)27(25(32-23)26-19-8-9-19)14-13-18-7-12-21(29-2)22(15-18)30-3/h5-7,10-12,15-16,19H,4,8-9,13-14H2,1-3H3/b23-16-,26-25?. The minimum atomic E-state index is 0.00348. The molecule has 1 aliphatic carbocycles. The fourth-order valence-corrected chi connectivity index (χ4v) is 4.49. The number of hydrogen-bond donors (Lipinski definition) is 0. The van der Waals surface area contributed by atoms with Gasteiger partial charge < -0.3 is 14.2 Å². The van der Waals surface area contributed by atoms with Crippen LogP contribution in [0.25, 0.3) is 6.08 Å². The van der Waals surface area contributed by atoms with E-state index in [0.717, 1.165) is 34.9 Å². The van der Waals surface area contributed by atoms with Gasteiger partial charge in [-0.1, -0.05) is 18.2 Å². The number of thioether (sulfide) groups is 1. The number of ether oxygens (including phenoxy) is 3. The largest absolute Gasteiger partial charge is 0.494 e. The lowest BCUT2D eigenvalue weighted by atomic mass is 10.1. The van der Waals surface area contributed by atoms with E-state index in [1.165, 1.54) is 11.8 Å². The SMILES string of the molecule is CCOc1ccc(/C=C2\SC(=NC3CC3)N(CCc3ccc(OC)c(OC)c3)C2=O)cc1. The van der Waals surface area contributed by atoms with Crippen molar-refractivity contribution in [2.45, 2.75) is 32.2 Å². The van der Waals surface area contributed by atoms with E-state index in [0.29, 0.717) is 42.0 Å². The Kier molecular flexibility index (Phi) is 7.05. The summed E-state index contributed by atoms with van der Waals surface area (Å²) in [4.78, 5) is 20.5. The van der Waals surface area contributed by atoms with E-state index in [4.69, 9.17) is 19.2 Å². The molecule has 0 atom stereocenters. The third-order valence-electron chi connectivity index (χ3n) is 5.29. The molecule has 1 saturated heterocycles. The second kappa shape index (κ2) is 10.1. The predicted octanol–water partition coefficient (Wildman–Crippen LogP) is 4.78. The van der Waals surface area contributed by atoms with E-state index in [1.54, 1.807) is 19.1 Å². The molecule has 1 aliphatic heterocycles. The second-order valence-electron chi connectivity index (χ2n) is 7.65. The van der Waals surface area contributed by atoms with Crippen LogP contribution < -0.4 is 14.2 Å². The van der Waals surface area contributed by atoms with Gasteiger partial charge in [0.05, 0.1) is 31.8 Å². The maximum atomic E-state index is 13.2. The highest BCUT2D eigenvalue weighted by atomic mass is 32.2. The van der Waals surface area contributed by atoms with Gasteiger partial charge in [-0.25, -0.2) is 0 Å². The Bertz CT molecular complexity index is 1030. The Morgan fingerprint density at radius 1 is 1.09 bits per heavy atom. The molecular weight excluding hydrogens is 424 g/mol. The molecule has 32 heavy (non-hydrogen) atoms. The molecule has 1 amide bonds. The Hall–Kier alpha value is -2.93. The fraction of sp³-hybridized carbons (Fsp3) is 0.360. The number of aliphatic imine (C=N–C) groups is 1. The normalized spacial score (nSPS) is 18.5. The third kappa shape index (κ3) is 5.27. The van der Waals surface area contributed by atoms with Crippen molar-refractivity contribution in [1.82, 2.24) is 4.90 Å². The van der Waals surface area contributed by atoms with Crippen LogP contribution in [0.5, 0.6) is 17.2 Å². The first-order valence-electron chi connectivity index (χ1n) is 10.8. The first-order chi connectivity index (χ1) is 15.6. The molecule has 2 aromatic carbocycles. The minimum Gasteiger partial charge on any atom is -0.494 e. The molecule has 7 heteroatoms. The van der Waals surface area contributed by atoms with Crippen molar-refractivity contribution in [1.29, 1.82) is 0 Å². The van der Waals surface area contributed by atoms with E-state index >= 15 is 0 Å². The number of benzene rings is 2. The Morgan fingerprint density at radius 2 is 1.84 bits per heavy atom. The number of rotatable bonds is 9. The van der Waals surface area contributed by atoms with Gasteiger partial charge in [-0.2, -0.15) is 0 Å². The molecule has 0 aromatic heterocycles. The number of carbonyl (C=O) groups excluding carboxylic acids is 1. The van der Waals surface area contributed by atoms with Crippen LogP contribution in [0.4, 0.5) is 0 Å². The van der Waals surface area contributed by atoms with Crippen molar-refractivity contribution in [3.05, 3.63) is 58.5 Å².